The quantitative estimate of drug-likeness (QED) is 0.900. The first-order chi connectivity index (χ1) is 8.79. The van der Waals surface area contributed by atoms with Crippen molar-refractivity contribution in [3.63, 3.8) is 0 Å². The fourth-order valence-electron chi connectivity index (χ4n) is 2.18. The van der Waals surface area contributed by atoms with Gasteiger partial charge in [-0.05, 0) is 17.9 Å². The summed E-state index contributed by atoms with van der Waals surface area (Å²) in [7, 11) is 1.78. The number of nitrogens with zero attached hydrogens (tertiary/aromatic N) is 2. The van der Waals surface area contributed by atoms with E-state index < -0.39 is 0 Å². The van der Waals surface area contributed by atoms with E-state index in [0.29, 0.717) is 11.4 Å². The number of aromatic nitrogens is 2. The molecule has 2 aromatic rings. The van der Waals surface area contributed by atoms with Gasteiger partial charge in [0.05, 0.1) is 5.69 Å². The van der Waals surface area contributed by atoms with Crippen molar-refractivity contribution < 1.29 is 4.39 Å². The number of rotatable bonds is 2. The number of benzene rings is 1. The maximum Gasteiger partial charge on any atom is 0.131 e. The number of aryl methyl sites for hydroxylation is 1. The van der Waals surface area contributed by atoms with Crippen LogP contribution in [0.2, 0.25) is 0 Å². The monoisotopic (exact) mass is 261 g/mol. The van der Waals surface area contributed by atoms with Crippen molar-refractivity contribution in [1.82, 2.24) is 9.78 Å². The van der Waals surface area contributed by atoms with Crippen molar-refractivity contribution >= 4 is 5.82 Å². The molecule has 0 fully saturated rings. The maximum absolute atomic E-state index is 14.0. The molecule has 0 unspecified atom stereocenters. The lowest BCUT2D eigenvalue weighted by molar-refractivity contribution is 0.405. The van der Waals surface area contributed by atoms with Gasteiger partial charge in [0, 0.05) is 18.2 Å². The van der Waals surface area contributed by atoms with Crippen LogP contribution in [0.25, 0.3) is 11.1 Å². The first kappa shape index (κ1) is 13.6. The number of hydrogen-bond donors (Lipinski definition) is 1. The first-order valence-electron chi connectivity index (χ1n) is 6.36. The summed E-state index contributed by atoms with van der Waals surface area (Å²) in [5.74, 6) is 0.238. The molecule has 0 aliphatic heterocycles. The van der Waals surface area contributed by atoms with Crippen LogP contribution in [-0.4, -0.2) is 9.78 Å². The van der Waals surface area contributed by atoms with Crippen LogP contribution in [0.4, 0.5) is 10.2 Å². The van der Waals surface area contributed by atoms with Crippen molar-refractivity contribution in [2.75, 3.05) is 5.73 Å². The third kappa shape index (κ3) is 2.78. The molecule has 1 aromatic carbocycles. The molecular weight excluding hydrogens is 241 g/mol. The fraction of sp³-hybridized carbons (Fsp3) is 0.400. The summed E-state index contributed by atoms with van der Waals surface area (Å²) in [5.41, 5.74) is 8.21. The molecule has 0 bridgehead atoms. The number of anilines is 1. The van der Waals surface area contributed by atoms with Gasteiger partial charge in [-0.3, -0.25) is 4.68 Å². The first-order valence-corrected chi connectivity index (χ1v) is 6.36. The molecule has 0 aliphatic rings. The molecule has 2 N–H and O–H groups in total. The highest BCUT2D eigenvalue weighted by Crippen LogP contribution is 2.34. The molecule has 0 atom stereocenters. The normalized spacial score (nSPS) is 11.8. The molecule has 1 heterocycles. The summed E-state index contributed by atoms with van der Waals surface area (Å²) in [6.45, 7) is 6.38. The molecule has 0 aliphatic carbocycles. The molecule has 0 saturated heterocycles. The summed E-state index contributed by atoms with van der Waals surface area (Å²) >= 11 is 0. The zero-order chi connectivity index (χ0) is 14.2. The van der Waals surface area contributed by atoms with Gasteiger partial charge in [0.1, 0.15) is 11.6 Å². The van der Waals surface area contributed by atoms with Crippen LogP contribution in [0, 0.1) is 11.2 Å². The second-order valence-corrected chi connectivity index (χ2v) is 6.05. The van der Waals surface area contributed by atoms with Gasteiger partial charge in [0.2, 0.25) is 0 Å². The third-order valence-electron chi connectivity index (χ3n) is 3.01. The average molecular weight is 261 g/mol. The minimum absolute atomic E-state index is 0.0702. The lowest BCUT2D eigenvalue weighted by atomic mass is 9.88. The van der Waals surface area contributed by atoms with E-state index >= 15 is 0 Å². The van der Waals surface area contributed by atoms with Crippen LogP contribution < -0.4 is 5.73 Å². The predicted molar refractivity (Wildman–Crippen MR) is 76.2 cm³/mol. The van der Waals surface area contributed by atoms with Gasteiger partial charge in [0.15, 0.2) is 0 Å². The molecule has 0 amide bonds. The number of halogens is 1. The molecule has 102 valence electrons. The van der Waals surface area contributed by atoms with Gasteiger partial charge in [-0.15, -0.1) is 0 Å². The van der Waals surface area contributed by atoms with Crippen molar-refractivity contribution in [3.05, 3.63) is 35.8 Å². The van der Waals surface area contributed by atoms with Crippen LogP contribution in [0.1, 0.15) is 26.5 Å². The summed E-state index contributed by atoms with van der Waals surface area (Å²) in [4.78, 5) is 0. The van der Waals surface area contributed by atoms with E-state index in [-0.39, 0.29) is 11.2 Å². The molecule has 4 heteroatoms. The van der Waals surface area contributed by atoms with Gasteiger partial charge in [-0.25, -0.2) is 4.39 Å². The van der Waals surface area contributed by atoms with E-state index in [9.17, 15) is 4.39 Å². The van der Waals surface area contributed by atoms with Crippen LogP contribution in [0.15, 0.2) is 24.3 Å². The molecule has 2 rings (SSSR count). The Labute approximate surface area is 113 Å². The van der Waals surface area contributed by atoms with Gasteiger partial charge < -0.3 is 5.73 Å². The summed E-state index contributed by atoms with van der Waals surface area (Å²) in [6, 6.07) is 6.68. The average Bonchev–Trinajstić information content (AvgIpc) is 2.54. The highest BCUT2D eigenvalue weighted by molar-refractivity contribution is 5.77. The third-order valence-corrected chi connectivity index (χ3v) is 3.01. The number of nitrogens with two attached hydrogens (primary N) is 1. The Kier molecular flexibility index (Phi) is 3.35. The summed E-state index contributed by atoms with van der Waals surface area (Å²) in [5, 5.41) is 4.44. The van der Waals surface area contributed by atoms with Gasteiger partial charge in [0.25, 0.3) is 0 Å². The molecule has 0 radical (unpaired) electrons. The molecule has 0 saturated carbocycles. The van der Waals surface area contributed by atoms with Crippen LogP contribution in [-0.2, 0) is 13.5 Å². The van der Waals surface area contributed by atoms with Crippen LogP contribution >= 0.6 is 0 Å². The molecule has 19 heavy (non-hydrogen) atoms. The van der Waals surface area contributed by atoms with Crippen molar-refractivity contribution in [2.45, 2.75) is 27.2 Å². The number of nitrogen functional groups attached to an aromatic ring is 1. The largest absolute Gasteiger partial charge is 0.383 e. The maximum atomic E-state index is 14.0. The smallest absolute Gasteiger partial charge is 0.131 e. The Bertz CT molecular complexity index is 594. The second-order valence-electron chi connectivity index (χ2n) is 6.05. The van der Waals surface area contributed by atoms with Crippen molar-refractivity contribution in [3.8, 4) is 11.1 Å². The molecule has 3 nitrogen and oxygen atoms in total. The molecule has 0 spiro atoms. The van der Waals surface area contributed by atoms with Gasteiger partial charge >= 0.3 is 0 Å². The standard InChI is InChI=1S/C15H20FN3/c1-15(2,3)9-12-13(14(17)19(4)18-12)10-7-5-6-8-11(10)16/h5-8H,9,17H2,1-4H3. The van der Waals surface area contributed by atoms with E-state index in [1.54, 1.807) is 23.9 Å². The SMILES string of the molecule is Cn1nc(CC(C)(C)C)c(-c2ccccc2F)c1N. The van der Waals surface area contributed by atoms with Crippen molar-refractivity contribution in [2.24, 2.45) is 12.5 Å². The highest BCUT2D eigenvalue weighted by atomic mass is 19.1. The Hall–Kier alpha value is -1.84. The minimum atomic E-state index is -0.266. The Morgan fingerprint density at radius 3 is 2.47 bits per heavy atom. The summed E-state index contributed by atoms with van der Waals surface area (Å²) < 4.78 is 15.6. The van der Waals surface area contributed by atoms with E-state index in [0.717, 1.165) is 17.7 Å². The lowest BCUT2D eigenvalue weighted by Gasteiger charge is -2.17. The van der Waals surface area contributed by atoms with E-state index in [4.69, 9.17) is 5.73 Å². The molecular formula is C15H20FN3. The van der Waals surface area contributed by atoms with Crippen LogP contribution in [0.3, 0.4) is 0 Å². The number of hydrogen-bond acceptors (Lipinski definition) is 2. The van der Waals surface area contributed by atoms with Gasteiger partial charge in [-0.2, -0.15) is 5.10 Å². The Morgan fingerprint density at radius 2 is 1.89 bits per heavy atom. The van der Waals surface area contributed by atoms with E-state index in [2.05, 4.69) is 25.9 Å². The fourth-order valence-corrected chi connectivity index (χ4v) is 2.18. The minimum Gasteiger partial charge on any atom is -0.383 e. The van der Waals surface area contributed by atoms with E-state index in [1.807, 2.05) is 6.07 Å². The second kappa shape index (κ2) is 4.68. The Balaban J connectivity index is 2.59. The van der Waals surface area contributed by atoms with Crippen molar-refractivity contribution in [1.29, 1.82) is 0 Å². The highest BCUT2D eigenvalue weighted by Gasteiger charge is 2.22. The zero-order valence-electron chi connectivity index (χ0n) is 11.9. The Morgan fingerprint density at radius 1 is 1.26 bits per heavy atom. The van der Waals surface area contributed by atoms with Gasteiger partial charge in [-0.1, -0.05) is 39.0 Å². The van der Waals surface area contributed by atoms with E-state index in [1.165, 1.54) is 6.07 Å². The summed E-state index contributed by atoms with van der Waals surface area (Å²) in [6.07, 6.45) is 0.752. The predicted octanol–water partition coefficient (Wildman–Crippen LogP) is 3.40. The van der Waals surface area contributed by atoms with Crippen LogP contribution in [0.5, 0.6) is 0 Å². The topological polar surface area (TPSA) is 43.8 Å². The zero-order valence-corrected chi connectivity index (χ0v) is 11.9. The molecule has 1 aromatic heterocycles. The lowest BCUT2D eigenvalue weighted by Crippen LogP contribution is -2.10.